The average Bonchev–Trinajstić information content (AvgIpc) is 2.86. The second-order valence-electron chi connectivity index (χ2n) is 11.5. The smallest absolute Gasteiger partial charge is 0.408 e. The monoisotopic (exact) mass is 531 g/mol. The SMILES string of the molecule is CCCCCCCN(C(=O)C(CO)NC(=O)OC(C)(C)C)C(C(=O)NC1CCCCC1)c1ccc(C)cc1. The summed E-state index contributed by atoms with van der Waals surface area (Å²) in [5.74, 6) is -0.727. The van der Waals surface area contributed by atoms with Crippen LogP contribution in [0.1, 0.15) is 109 Å². The molecular weight excluding hydrogens is 482 g/mol. The quantitative estimate of drug-likeness (QED) is 0.304. The zero-order valence-corrected chi connectivity index (χ0v) is 24.1. The Bertz CT molecular complexity index is 875. The molecular formula is C30H49N3O5. The number of hydrogen-bond donors (Lipinski definition) is 3. The summed E-state index contributed by atoms with van der Waals surface area (Å²) in [6.45, 7) is 9.05. The molecule has 1 aromatic rings. The van der Waals surface area contributed by atoms with Gasteiger partial charge in [0.25, 0.3) is 0 Å². The van der Waals surface area contributed by atoms with Crippen LogP contribution in [0.3, 0.4) is 0 Å². The molecule has 2 rings (SSSR count). The lowest BCUT2D eigenvalue weighted by molar-refractivity contribution is -0.143. The van der Waals surface area contributed by atoms with Crippen molar-refractivity contribution in [2.75, 3.05) is 13.2 Å². The van der Waals surface area contributed by atoms with Crippen LogP contribution >= 0.6 is 0 Å². The summed E-state index contributed by atoms with van der Waals surface area (Å²) in [6, 6.07) is 5.62. The van der Waals surface area contributed by atoms with E-state index in [4.69, 9.17) is 4.74 Å². The van der Waals surface area contributed by atoms with E-state index in [1.165, 1.54) is 11.3 Å². The highest BCUT2D eigenvalue weighted by Gasteiger charge is 2.36. The van der Waals surface area contributed by atoms with E-state index in [1.54, 1.807) is 20.8 Å². The summed E-state index contributed by atoms with van der Waals surface area (Å²) in [5.41, 5.74) is 1.01. The molecule has 1 fully saturated rings. The standard InChI is InChI=1S/C30H49N3O5/c1-6-7-8-9-13-20-33(28(36)25(21-34)32-29(37)38-30(3,4)5)26(23-18-16-22(2)17-19-23)27(35)31-24-14-11-10-12-15-24/h16-19,24-26,34H,6-15,20-21H2,1-5H3,(H,31,35)(H,32,37). The van der Waals surface area contributed by atoms with Crippen LogP contribution < -0.4 is 10.6 Å². The first kappa shape index (κ1) is 31.6. The van der Waals surface area contributed by atoms with E-state index in [0.717, 1.165) is 63.4 Å². The molecule has 214 valence electrons. The number of nitrogens with one attached hydrogen (secondary N) is 2. The Morgan fingerprint density at radius 1 is 1.03 bits per heavy atom. The van der Waals surface area contributed by atoms with E-state index in [9.17, 15) is 19.5 Å². The maximum Gasteiger partial charge on any atom is 0.408 e. The molecule has 38 heavy (non-hydrogen) atoms. The Labute approximate surface area is 228 Å². The number of carbonyl (C=O) groups excluding carboxylic acids is 3. The van der Waals surface area contributed by atoms with Gasteiger partial charge in [0, 0.05) is 12.6 Å². The van der Waals surface area contributed by atoms with E-state index in [1.807, 2.05) is 31.2 Å². The Hall–Kier alpha value is -2.61. The number of alkyl carbamates (subject to hydrolysis) is 1. The topological polar surface area (TPSA) is 108 Å². The maximum absolute atomic E-state index is 13.9. The van der Waals surface area contributed by atoms with Crippen LogP contribution in [-0.4, -0.2) is 58.8 Å². The minimum Gasteiger partial charge on any atom is -0.444 e. The third-order valence-corrected chi connectivity index (χ3v) is 6.86. The van der Waals surface area contributed by atoms with Crippen LogP contribution in [0.15, 0.2) is 24.3 Å². The van der Waals surface area contributed by atoms with Crippen molar-refractivity contribution in [2.45, 2.75) is 123 Å². The number of ether oxygens (including phenoxy) is 1. The van der Waals surface area contributed by atoms with Gasteiger partial charge in [0.15, 0.2) is 0 Å². The Kier molecular flexibility index (Phi) is 13.1. The Morgan fingerprint density at radius 2 is 1.66 bits per heavy atom. The number of hydrogen-bond acceptors (Lipinski definition) is 5. The van der Waals surface area contributed by atoms with Crippen molar-refractivity contribution < 1.29 is 24.2 Å². The molecule has 2 unspecified atom stereocenters. The highest BCUT2D eigenvalue weighted by atomic mass is 16.6. The molecule has 1 saturated carbocycles. The number of unbranched alkanes of at least 4 members (excludes halogenated alkanes) is 4. The zero-order valence-electron chi connectivity index (χ0n) is 24.1. The first-order chi connectivity index (χ1) is 18.1. The molecule has 0 aliphatic heterocycles. The number of carbonyl (C=O) groups is 3. The van der Waals surface area contributed by atoms with Crippen molar-refractivity contribution in [3.05, 3.63) is 35.4 Å². The van der Waals surface area contributed by atoms with Crippen molar-refractivity contribution in [2.24, 2.45) is 0 Å². The predicted molar refractivity (Wildman–Crippen MR) is 150 cm³/mol. The molecule has 0 aromatic heterocycles. The lowest BCUT2D eigenvalue weighted by Gasteiger charge is -2.35. The van der Waals surface area contributed by atoms with Crippen molar-refractivity contribution in [3.63, 3.8) is 0 Å². The summed E-state index contributed by atoms with van der Waals surface area (Å²) >= 11 is 0. The van der Waals surface area contributed by atoms with Crippen LogP contribution in [0.25, 0.3) is 0 Å². The summed E-state index contributed by atoms with van der Waals surface area (Å²) in [4.78, 5) is 41.7. The van der Waals surface area contributed by atoms with Crippen molar-refractivity contribution >= 4 is 17.9 Å². The summed E-state index contributed by atoms with van der Waals surface area (Å²) in [7, 11) is 0. The van der Waals surface area contributed by atoms with E-state index in [-0.39, 0.29) is 11.9 Å². The van der Waals surface area contributed by atoms with E-state index >= 15 is 0 Å². The second kappa shape index (κ2) is 15.7. The number of nitrogens with zero attached hydrogens (tertiary/aromatic N) is 1. The minimum atomic E-state index is -1.23. The molecule has 1 aliphatic rings. The molecule has 2 atom stereocenters. The third-order valence-electron chi connectivity index (χ3n) is 6.86. The van der Waals surface area contributed by atoms with Crippen LogP contribution in [0.5, 0.6) is 0 Å². The molecule has 1 aromatic carbocycles. The zero-order chi connectivity index (χ0) is 28.1. The fourth-order valence-electron chi connectivity index (χ4n) is 4.84. The van der Waals surface area contributed by atoms with Gasteiger partial charge in [0.2, 0.25) is 11.8 Å². The first-order valence-electron chi connectivity index (χ1n) is 14.3. The van der Waals surface area contributed by atoms with Gasteiger partial charge in [-0.25, -0.2) is 4.79 Å². The van der Waals surface area contributed by atoms with Crippen molar-refractivity contribution in [1.29, 1.82) is 0 Å². The average molecular weight is 532 g/mol. The van der Waals surface area contributed by atoms with Gasteiger partial charge in [-0.1, -0.05) is 81.7 Å². The van der Waals surface area contributed by atoms with Gasteiger partial charge in [-0.05, 0) is 52.5 Å². The molecule has 1 aliphatic carbocycles. The summed E-state index contributed by atoms with van der Waals surface area (Å²) in [5, 5.41) is 15.8. The molecule has 8 heteroatoms. The largest absolute Gasteiger partial charge is 0.444 e. The lowest BCUT2D eigenvalue weighted by Crippen LogP contribution is -2.55. The third kappa shape index (κ3) is 10.6. The highest BCUT2D eigenvalue weighted by molar-refractivity contribution is 5.92. The predicted octanol–water partition coefficient (Wildman–Crippen LogP) is 5.17. The molecule has 3 N–H and O–H groups in total. The molecule has 0 radical (unpaired) electrons. The Balaban J connectivity index is 2.37. The maximum atomic E-state index is 13.9. The van der Waals surface area contributed by atoms with Crippen LogP contribution in [0.4, 0.5) is 4.79 Å². The molecule has 8 nitrogen and oxygen atoms in total. The molecule has 3 amide bonds. The van der Waals surface area contributed by atoms with Gasteiger partial charge in [-0.2, -0.15) is 0 Å². The summed E-state index contributed by atoms with van der Waals surface area (Å²) < 4.78 is 5.32. The van der Waals surface area contributed by atoms with E-state index in [0.29, 0.717) is 12.1 Å². The number of benzene rings is 1. The fourth-order valence-corrected chi connectivity index (χ4v) is 4.84. The highest BCUT2D eigenvalue weighted by Crippen LogP contribution is 2.26. The van der Waals surface area contributed by atoms with E-state index < -0.39 is 36.3 Å². The molecule has 0 spiro atoms. The molecule has 0 heterocycles. The van der Waals surface area contributed by atoms with Crippen molar-refractivity contribution in [1.82, 2.24) is 15.5 Å². The molecule has 0 saturated heterocycles. The number of aliphatic hydroxyl groups is 1. The minimum absolute atomic E-state index is 0.0826. The first-order valence-corrected chi connectivity index (χ1v) is 14.3. The fraction of sp³-hybridized carbons (Fsp3) is 0.700. The van der Waals surface area contributed by atoms with E-state index in [2.05, 4.69) is 17.6 Å². The van der Waals surface area contributed by atoms with Crippen LogP contribution in [0.2, 0.25) is 0 Å². The van der Waals surface area contributed by atoms with Gasteiger partial charge < -0.3 is 25.4 Å². The van der Waals surface area contributed by atoms with Gasteiger partial charge in [0.1, 0.15) is 17.7 Å². The normalized spacial score (nSPS) is 15.8. The summed E-state index contributed by atoms with van der Waals surface area (Å²) in [6.07, 6.45) is 9.29. The van der Waals surface area contributed by atoms with Crippen LogP contribution in [0, 0.1) is 6.92 Å². The number of rotatable bonds is 13. The van der Waals surface area contributed by atoms with Gasteiger partial charge >= 0.3 is 6.09 Å². The Morgan fingerprint density at radius 3 is 2.24 bits per heavy atom. The lowest BCUT2D eigenvalue weighted by atomic mass is 9.94. The second-order valence-corrected chi connectivity index (χ2v) is 11.5. The van der Waals surface area contributed by atoms with Gasteiger partial charge in [-0.15, -0.1) is 0 Å². The number of aryl methyl sites for hydroxylation is 1. The molecule has 0 bridgehead atoms. The number of aliphatic hydroxyl groups excluding tert-OH is 1. The van der Waals surface area contributed by atoms with Crippen LogP contribution in [-0.2, 0) is 14.3 Å². The number of amides is 3. The van der Waals surface area contributed by atoms with Gasteiger partial charge in [0.05, 0.1) is 6.61 Å². The van der Waals surface area contributed by atoms with Gasteiger partial charge in [-0.3, -0.25) is 9.59 Å². The van der Waals surface area contributed by atoms with Crippen molar-refractivity contribution in [3.8, 4) is 0 Å².